The highest BCUT2D eigenvalue weighted by Gasteiger charge is 2.23. The molecular weight excluding hydrogens is 202 g/mol. The van der Waals surface area contributed by atoms with E-state index in [0.29, 0.717) is 11.6 Å². The second-order valence-electron chi connectivity index (χ2n) is 3.43. The van der Waals surface area contributed by atoms with E-state index in [1.807, 2.05) is 12.1 Å². The summed E-state index contributed by atoms with van der Waals surface area (Å²) in [5.74, 6) is -0.141. The van der Waals surface area contributed by atoms with Gasteiger partial charge in [-0.3, -0.25) is 9.78 Å². The molecule has 1 aliphatic rings. The van der Waals surface area contributed by atoms with Crippen molar-refractivity contribution in [2.75, 3.05) is 0 Å². The van der Waals surface area contributed by atoms with E-state index in [4.69, 9.17) is 5.11 Å². The number of nitrogens with zero attached hydrogens (tertiary/aromatic N) is 1. The molecule has 0 radical (unpaired) electrons. The molecule has 1 N–H and O–H groups in total. The maximum absolute atomic E-state index is 10.4. The van der Waals surface area contributed by atoms with Gasteiger partial charge in [0.15, 0.2) is 0 Å². The first kappa shape index (κ1) is 11.0. The molecule has 1 aromatic rings. The van der Waals surface area contributed by atoms with Crippen LogP contribution in [0.1, 0.15) is 30.0 Å². The minimum absolute atomic E-state index is 0. The van der Waals surface area contributed by atoms with Crippen molar-refractivity contribution < 1.29 is 9.90 Å². The van der Waals surface area contributed by atoms with Crippen LogP contribution in [0.25, 0.3) is 0 Å². The zero-order chi connectivity index (χ0) is 9.26. The maximum Gasteiger partial charge on any atom is 0.309 e. The van der Waals surface area contributed by atoms with Crippen LogP contribution in [0.15, 0.2) is 18.3 Å². The summed E-state index contributed by atoms with van der Waals surface area (Å²) in [6, 6.07) is 3.80. The largest absolute Gasteiger partial charge is 0.481 e. The summed E-state index contributed by atoms with van der Waals surface area (Å²) in [6.45, 7) is 0. The second-order valence-corrected chi connectivity index (χ2v) is 3.43. The summed E-state index contributed by atoms with van der Waals surface area (Å²) in [6.07, 6.45) is 4.32. The highest BCUT2D eigenvalue weighted by Crippen LogP contribution is 2.39. The monoisotopic (exact) mass is 213 g/mol. The summed E-state index contributed by atoms with van der Waals surface area (Å²) < 4.78 is 0. The van der Waals surface area contributed by atoms with Crippen LogP contribution in [-0.2, 0) is 11.2 Å². The van der Waals surface area contributed by atoms with E-state index in [1.54, 1.807) is 6.20 Å². The number of hydrogen-bond donors (Lipinski definition) is 1. The Kier molecular flexibility index (Phi) is 3.47. The normalized spacial score (nSPS) is 14.6. The van der Waals surface area contributed by atoms with Gasteiger partial charge in [0.05, 0.1) is 12.1 Å². The number of rotatable bonds is 3. The highest BCUT2D eigenvalue weighted by molar-refractivity contribution is 5.85. The number of carbonyl (C=O) groups is 1. The highest BCUT2D eigenvalue weighted by atomic mass is 35.5. The van der Waals surface area contributed by atoms with Crippen molar-refractivity contribution in [3.63, 3.8) is 0 Å². The van der Waals surface area contributed by atoms with E-state index < -0.39 is 5.97 Å². The molecule has 0 spiro atoms. The van der Waals surface area contributed by atoms with E-state index in [0.717, 1.165) is 0 Å². The van der Waals surface area contributed by atoms with E-state index in [2.05, 4.69) is 4.98 Å². The summed E-state index contributed by atoms with van der Waals surface area (Å²) >= 11 is 0. The first-order chi connectivity index (χ1) is 6.25. The molecule has 3 nitrogen and oxygen atoms in total. The van der Waals surface area contributed by atoms with Gasteiger partial charge in [-0.05, 0) is 30.4 Å². The first-order valence-electron chi connectivity index (χ1n) is 4.42. The fraction of sp³-hybridized carbons (Fsp3) is 0.400. The standard InChI is InChI=1S/C10H11NO2.ClH/c12-10(13)5-9-4-3-8(6-11-9)7-1-2-7;/h3-4,6-7H,1-2,5H2,(H,12,13);1H. The molecule has 0 bridgehead atoms. The van der Waals surface area contributed by atoms with Crippen LogP contribution in [0.3, 0.4) is 0 Å². The Morgan fingerprint density at radius 2 is 2.21 bits per heavy atom. The molecule has 0 unspecified atom stereocenters. The van der Waals surface area contributed by atoms with Crippen LogP contribution in [-0.4, -0.2) is 16.1 Å². The van der Waals surface area contributed by atoms with Crippen molar-refractivity contribution in [2.24, 2.45) is 0 Å². The zero-order valence-electron chi connectivity index (χ0n) is 7.64. The molecule has 1 heterocycles. The Morgan fingerprint density at radius 3 is 2.64 bits per heavy atom. The number of carboxylic acid groups (broad SMARTS) is 1. The van der Waals surface area contributed by atoms with Gasteiger partial charge in [-0.25, -0.2) is 0 Å². The van der Waals surface area contributed by atoms with Gasteiger partial charge in [0.25, 0.3) is 0 Å². The summed E-state index contributed by atoms with van der Waals surface area (Å²) in [5, 5.41) is 8.52. The molecule has 0 amide bonds. The fourth-order valence-electron chi connectivity index (χ4n) is 1.35. The predicted octanol–water partition coefficient (Wildman–Crippen LogP) is 2.01. The Hall–Kier alpha value is -1.09. The molecule has 1 aromatic heterocycles. The number of halogens is 1. The van der Waals surface area contributed by atoms with Gasteiger partial charge in [0.2, 0.25) is 0 Å². The van der Waals surface area contributed by atoms with Gasteiger partial charge in [-0.15, -0.1) is 12.4 Å². The molecule has 0 atom stereocenters. The number of hydrogen-bond acceptors (Lipinski definition) is 2. The Bertz CT molecular complexity index is 319. The number of carboxylic acids is 1. The lowest BCUT2D eigenvalue weighted by Crippen LogP contribution is -2.02. The summed E-state index contributed by atoms with van der Waals surface area (Å²) in [7, 11) is 0. The van der Waals surface area contributed by atoms with Crippen LogP contribution in [0.2, 0.25) is 0 Å². The van der Waals surface area contributed by atoms with Crippen molar-refractivity contribution in [3.8, 4) is 0 Å². The molecule has 0 aliphatic heterocycles. The lowest BCUT2D eigenvalue weighted by atomic mass is 10.1. The van der Waals surface area contributed by atoms with Crippen LogP contribution < -0.4 is 0 Å². The van der Waals surface area contributed by atoms with Gasteiger partial charge in [0.1, 0.15) is 0 Å². The first-order valence-corrected chi connectivity index (χ1v) is 4.42. The molecule has 1 saturated carbocycles. The quantitative estimate of drug-likeness (QED) is 0.836. The van der Waals surface area contributed by atoms with E-state index in [9.17, 15) is 4.79 Å². The third-order valence-electron chi connectivity index (χ3n) is 2.23. The summed E-state index contributed by atoms with van der Waals surface area (Å²) in [5.41, 5.74) is 1.88. The maximum atomic E-state index is 10.4. The van der Waals surface area contributed by atoms with Gasteiger partial charge in [-0.1, -0.05) is 6.07 Å². The van der Waals surface area contributed by atoms with E-state index >= 15 is 0 Å². The minimum Gasteiger partial charge on any atom is -0.481 e. The Balaban J connectivity index is 0.000000980. The third-order valence-corrected chi connectivity index (χ3v) is 2.23. The van der Waals surface area contributed by atoms with Crippen molar-refractivity contribution >= 4 is 18.4 Å². The molecule has 1 fully saturated rings. The lowest BCUT2D eigenvalue weighted by Gasteiger charge is -1.98. The van der Waals surface area contributed by atoms with Crippen molar-refractivity contribution in [3.05, 3.63) is 29.6 Å². The van der Waals surface area contributed by atoms with Gasteiger partial charge in [-0.2, -0.15) is 0 Å². The zero-order valence-corrected chi connectivity index (χ0v) is 8.46. The van der Waals surface area contributed by atoms with Crippen molar-refractivity contribution in [1.82, 2.24) is 4.98 Å². The minimum atomic E-state index is -0.827. The molecule has 4 heteroatoms. The topological polar surface area (TPSA) is 50.2 Å². The van der Waals surface area contributed by atoms with Gasteiger partial charge in [0, 0.05) is 6.20 Å². The predicted molar refractivity (Wildman–Crippen MR) is 54.8 cm³/mol. The van der Waals surface area contributed by atoms with Crippen LogP contribution >= 0.6 is 12.4 Å². The molecule has 1 aliphatic carbocycles. The number of aliphatic carboxylic acids is 1. The van der Waals surface area contributed by atoms with Crippen LogP contribution in [0.4, 0.5) is 0 Å². The molecule has 0 saturated heterocycles. The van der Waals surface area contributed by atoms with Gasteiger partial charge >= 0.3 is 5.97 Å². The molecule has 0 aromatic carbocycles. The number of pyridine rings is 1. The Labute approximate surface area is 88.6 Å². The van der Waals surface area contributed by atoms with Crippen molar-refractivity contribution in [2.45, 2.75) is 25.2 Å². The molecule has 76 valence electrons. The Morgan fingerprint density at radius 1 is 1.50 bits per heavy atom. The summed E-state index contributed by atoms with van der Waals surface area (Å²) in [4.78, 5) is 14.5. The van der Waals surface area contributed by atoms with Crippen molar-refractivity contribution in [1.29, 1.82) is 0 Å². The fourth-order valence-corrected chi connectivity index (χ4v) is 1.35. The molecular formula is C10H12ClNO2. The molecule has 2 rings (SSSR count). The van der Waals surface area contributed by atoms with E-state index in [-0.39, 0.29) is 18.8 Å². The smallest absolute Gasteiger partial charge is 0.309 e. The number of aromatic nitrogens is 1. The van der Waals surface area contributed by atoms with Crippen LogP contribution in [0, 0.1) is 0 Å². The SMILES string of the molecule is Cl.O=C(O)Cc1ccc(C2CC2)cn1. The molecule has 14 heavy (non-hydrogen) atoms. The average molecular weight is 214 g/mol. The average Bonchev–Trinajstić information content (AvgIpc) is 2.87. The van der Waals surface area contributed by atoms with E-state index in [1.165, 1.54) is 18.4 Å². The van der Waals surface area contributed by atoms with Crippen LogP contribution in [0.5, 0.6) is 0 Å². The van der Waals surface area contributed by atoms with Gasteiger partial charge < -0.3 is 5.11 Å². The second kappa shape index (κ2) is 4.42. The third kappa shape index (κ3) is 2.70. The lowest BCUT2D eigenvalue weighted by molar-refractivity contribution is -0.136.